The smallest absolute Gasteiger partial charge is 0.293 e. The highest BCUT2D eigenvalue weighted by Gasteiger charge is 2.23. The van der Waals surface area contributed by atoms with Crippen LogP contribution in [0.15, 0.2) is 30.7 Å². The molecule has 0 bridgehead atoms. The van der Waals surface area contributed by atoms with Gasteiger partial charge in [-0.3, -0.25) is 9.63 Å². The minimum absolute atomic E-state index is 0.0516. The number of halogens is 2. The fourth-order valence-electron chi connectivity index (χ4n) is 2.50. The van der Waals surface area contributed by atoms with Gasteiger partial charge in [0.05, 0.1) is 30.0 Å². The van der Waals surface area contributed by atoms with Crippen molar-refractivity contribution in [2.75, 3.05) is 18.5 Å². The first-order valence-electron chi connectivity index (χ1n) is 7.56. The number of nitrogens with zero attached hydrogens (tertiary/aromatic N) is 3. The molecule has 3 aromatic rings. The minimum Gasteiger partial charge on any atom is -0.394 e. The van der Waals surface area contributed by atoms with Crippen molar-refractivity contribution < 1.29 is 19.1 Å². The highest BCUT2D eigenvalue weighted by Crippen LogP contribution is 2.32. The number of hydrogen-bond acceptors (Lipinski definition) is 6. The van der Waals surface area contributed by atoms with Gasteiger partial charge in [-0.1, -0.05) is 0 Å². The van der Waals surface area contributed by atoms with E-state index in [1.807, 2.05) is 22.6 Å². The third-order valence-corrected chi connectivity index (χ3v) is 4.29. The maximum absolute atomic E-state index is 14.3. The third-order valence-electron chi connectivity index (χ3n) is 3.61. The monoisotopic (exact) mass is 471 g/mol. The molecule has 0 unspecified atom stereocenters. The topological polar surface area (TPSA) is 101 Å². The maximum Gasteiger partial charge on any atom is 0.293 e. The van der Waals surface area contributed by atoms with Crippen molar-refractivity contribution >= 4 is 50.9 Å². The Morgan fingerprint density at radius 2 is 2.27 bits per heavy atom. The van der Waals surface area contributed by atoms with Crippen molar-refractivity contribution in [3.63, 3.8) is 0 Å². The lowest BCUT2D eigenvalue weighted by atomic mass is 10.2. The van der Waals surface area contributed by atoms with Crippen molar-refractivity contribution in [2.45, 2.75) is 0 Å². The number of benzene rings is 1. The third kappa shape index (κ3) is 3.61. The molecular formula is C16H15FIN5O3. The molecule has 0 spiro atoms. The molecule has 0 radical (unpaired) electrons. The van der Waals surface area contributed by atoms with Crippen LogP contribution in [0.1, 0.15) is 10.5 Å². The first kappa shape index (κ1) is 18.5. The number of aryl methyl sites for hydroxylation is 1. The van der Waals surface area contributed by atoms with E-state index in [0.717, 1.165) is 3.57 Å². The van der Waals surface area contributed by atoms with E-state index in [1.165, 1.54) is 12.4 Å². The molecule has 10 heteroatoms. The normalized spacial score (nSPS) is 10.9. The predicted octanol–water partition coefficient (Wildman–Crippen LogP) is 2.11. The molecule has 0 atom stereocenters. The van der Waals surface area contributed by atoms with Crippen LogP contribution >= 0.6 is 22.6 Å². The summed E-state index contributed by atoms with van der Waals surface area (Å²) >= 11 is 2.01. The van der Waals surface area contributed by atoms with Crippen LogP contribution < -0.4 is 10.8 Å². The Hall–Kier alpha value is -2.31. The number of carbonyl (C=O) groups is 1. The number of rotatable bonds is 6. The zero-order valence-corrected chi connectivity index (χ0v) is 15.8. The Morgan fingerprint density at radius 3 is 3.00 bits per heavy atom. The highest BCUT2D eigenvalue weighted by molar-refractivity contribution is 14.1. The molecule has 0 aliphatic carbocycles. The second-order valence-corrected chi connectivity index (χ2v) is 6.54. The Morgan fingerprint density at radius 1 is 1.46 bits per heavy atom. The number of hydroxylamine groups is 1. The lowest BCUT2D eigenvalue weighted by Crippen LogP contribution is -2.27. The summed E-state index contributed by atoms with van der Waals surface area (Å²) in [6.45, 7) is -0.288. The van der Waals surface area contributed by atoms with Gasteiger partial charge in [0.2, 0.25) is 0 Å². The number of hydrogen-bond donors (Lipinski definition) is 3. The number of nitrogens with one attached hydrogen (secondary N) is 2. The van der Waals surface area contributed by atoms with Gasteiger partial charge >= 0.3 is 0 Å². The highest BCUT2D eigenvalue weighted by atomic mass is 127. The lowest BCUT2D eigenvalue weighted by Gasteiger charge is -2.11. The first-order valence-corrected chi connectivity index (χ1v) is 8.64. The van der Waals surface area contributed by atoms with E-state index in [-0.39, 0.29) is 24.6 Å². The van der Waals surface area contributed by atoms with Crippen molar-refractivity contribution in [3.05, 3.63) is 45.8 Å². The molecule has 136 valence electrons. The molecule has 3 rings (SSSR count). The summed E-state index contributed by atoms with van der Waals surface area (Å²) in [5.74, 6) is -1.01. The fourth-order valence-corrected chi connectivity index (χ4v) is 2.95. The van der Waals surface area contributed by atoms with Crippen LogP contribution in [0.3, 0.4) is 0 Å². The molecule has 0 fully saturated rings. The van der Waals surface area contributed by atoms with Crippen LogP contribution in [0.2, 0.25) is 0 Å². The van der Waals surface area contributed by atoms with Gasteiger partial charge in [0.1, 0.15) is 23.5 Å². The number of fused-ring (bicyclic) bond motifs is 1. The second-order valence-electron chi connectivity index (χ2n) is 5.30. The Labute approximate surface area is 161 Å². The van der Waals surface area contributed by atoms with E-state index in [9.17, 15) is 9.18 Å². The van der Waals surface area contributed by atoms with Crippen LogP contribution in [0, 0.1) is 9.39 Å². The van der Waals surface area contributed by atoms with Crippen molar-refractivity contribution in [2.24, 2.45) is 7.05 Å². The number of aliphatic hydroxyl groups excluding tert-OH is 1. The molecule has 1 amide bonds. The first-order chi connectivity index (χ1) is 12.5. The van der Waals surface area contributed by atoms with E-state index >= 15 is 0 Å². The number of aromatic nitrogens is 3. The molecule has 0 aliphatic heterocycles. The molecule has 0 saturated heterocycles. The number of amides is 1. The van der Waals surface area contributed by atoms with Gasteiger partial charge in [-0.25, -0.2) is 19.8 Å². The van der Waals surface area contributed by atoms with E-state index < -0.39 is 11.7 Å². The number of anilines is 2. The quantitative estimate of drug-likeness (QED) is 0.289. The van der Waals surface area contributed by atoms with Crippen LogP contribution in [-0.4, -0.2) is 38.8 Å². The van der Waals surface area contributed by atoms with Gasteiger partial charge in [-0.2, -0.15) is 0 Å². The van der Waals surface area contributed by atoms with Gasteiger partial charge in [-0.15, -0.1) is 0 Å². The van der Waals surface area contributed by atoms with Crippen molar-refractivity contribution in [1.29, 1.82) is 0 Å². The Kier molecular flexibility index (Phi) is 5.64. The average Bonchev–Trinajstić information content (AvgIpc) is 2.90. The van der Waals surface area contributed by atoms with E-state index in [4.69, 9.17) is 9.94 Å². The summed E-state index contributed by atoms with van der Waals surface area (Å²) in [5.41, 5.74) is 3.51. The van der Waals surface area contributed by atoms with Crippen molar-refractivity contribution in [3.8, 4) is 0 Å². The zero-order chi connectivity index (χ0) is 18.7. The Bertz CT molecular complexity index is 962. The van der Waals surface area contributed by atoms with Crippen LogP contribution in [0.4, 0.5) is 15.8 Å². The van der Waals surface area contributed by atoms with E-state index in [0.29, 0.717) is 16.7 Å². The van der Waals surface area contributed by atoms with Crippen molar-refractivity contribution in [1.82, 2.24) is 20.0 Å². The van der Waals surface area contributed by atoms with Crippen LogP contribution in [-0.2, 0) is 11.9 Å². The summed E-state index contributed by atoms with van der Waals surface area (Å²) in [7, 11) is 1.66. The van der Waals surface area contributed by atoms with E-state index in [2.05, 4.69) is 20.8 Å². The number of aliphatic hydroxyl groups is 1. The van der Waals surface area contributed by atoms with Gasteiger partial charge in [0, 0.05) is 16.8 Å². The fraction of sp³-hybridized carbons (Fsp3) is 0.188. The van der Waals surface area contributed by atoms with Gasteiger partial charge < -0.3 is 15.0 Å². The molecule has 2 heterocycles. The molecule has 8 nitrogen and oxygen atoms in total. The molecule has 1 aromatic carbocycles. The molecule has 0 aliphatic rings. The molecule has 0 saturated carbocycles. The van der Waals surface area contributed by atoms with Crippen LogP contribution in [0.25, 0.3) is 11.0 Å². The summed E-state index contributed by atoms with van der Waals surface area (Å²) in [4.78, 5) is 25.6. The van der Waals surface area contributed by atoms with Gasteiger partial charge in [0.25, 0.3) is 5.91 Å². The summed E-state index contributed by atoms with van der Waals surface area (Å²) in [5, 5.41) is 12.3. The second kappa shape index (κ2) is 7.93. The lowest BCUT2D eigenvalue weighted by molar-refractivity contribution is 0.0163. The Balaban J connectivity index is 2.07. The summed E-state index contributed by atoms with van der Waals surface area (Å²) in [6.07, 6.45) is 2.90. The SMILES string of the molecule is Cn1c(C(=O)NOCCO)c(Nc2ccc(I)cc2F)c2cncnc21. The zero-order valence-electron chi connectivity index (χ0n) is 13.7. The molecule has 3 N–H and O–H groups in total. The average molecular weight is 471 g/mol. The summed E-state index contributed by atoms with van der Waals surface area (Å²) < 4.78 is 16.6. The largest absolute Gasteiger partial charge is 0.394 e. The molecule has 2 aromatic heterocycles. The van der Waals surface area contributed by atoms with Gasteiger partial charge in [0.15, 0.2) is 0 Å². The maximum atomic E-state index is 14.3. The summed E-state index contributed by atoms with van der Waals surface area (Å²) in [6, 6.07) is 4.72. The standard InChI is InChI=1S/C16H15FIN5O3/c1-23-14(16(25)22-26-5-4-24)13(10-7-19-8-20-15(10)23)21-12-3-2-9(18)6-11(12)17/h2-3,6-8,21,24H,4-5H2,1H3,(H,22,25). The van der Waals surface area contributed by atoms with E-state index in [1.54, 1.807) is 29.9 Å². The molecular weight excluding hydrogens is 456 g/mol. The van der Waals surface area contributed by atoms with Gasteiger partial charge in [-0.05, 0) is 40.8 Å². The van der Waals surface area contributed by atoms with Crippen LogP contribution in [0.5, 0.6) is 0 Å². The molecule has 26 heavy (non-hydrogen) atoms. The number of carbonyl (C=O) groups excluding carboxylic acids is 1. The minimum atomic E-state index is -0.563. The predicted molar refractivity (Wildman–Crippen MR) is 101 cm³/mol.